The maximum absolute atomic E-state index is 6.05. The Bertz CT molecular complexity index is 411. The highest BCUT2D eigenvalue weighted by Crippen LogP contribution is 2.41. The van der Waals surface area contributed by atoms with Crippen LogP contribution in [0.15, 0.2) is 24.3 Å². The first kappa shape index (κ1) is 12.4. The molecule has 1 saturated carbocycles. The van der Waals surface area contributed by atoms with Gasteiger partial charge in [-0.1, -0.05) is 25.0 Å². The van der Waals surface area contributed by atoms with Gasteiger partial charge in [-0.3, -0.25) is 0 Å². The van der Waals surface area contributed by atoms with Gasteiger partial charge < -0.3 is 10.5 Å². The lowest BCUT2D eigenvalue weighted by Gasteiger charge is -2.30. The highest BCUT2D eigenvalue weighted by molar-refractivity contribution is 8.00. The minimum atomic E-state index is 0.216. The Morgan fingerprint density at radius 3 is 2.67 bits per heavy atom. The molecular formula is C15H21NOS. The molecule has 18 heavy (non-hydrogen) atoms. The van der Waals surface area contributed by atoms with Crippen LogP contribution in [0.1, 0.15) is 31.2 Å². The Morgan fingerprint density at radius 1 is 1.28 bits per heavy atom. The summed E-state index contributed by atoms with van der Waals surface area (Å²) in [6.45, 7) is 0.760. The van der Waals surface area contributed by atoms with Crippen molar-refractivity contribution in [3.8, 4) is 5.75 Å². The number of hydrogen-bond acceptors (Lipinski definition) is 3. The molecule has 2 nitrogen and oxygen atoms in total. The predicted molar refractivity (Wildman–Crippen MR) is 77.4 cm³/mol. The van der Waals surface area contributed by atoms with Crippen LogP contribution in [0.3, 0.4) is 0 Å². The van der Waals surface area contributed by atoms with Crippen molar-refractivity contribution in [1.82, 2.24) is 0 Å². The summed E-state index contributed by atoms with van der Waals surface area (Å²) in [6, 6.07) is 8.64. The number of nitrogens with two attached hydrogens (primary N) is 1. The van der Waals surface area contributed by atoms with Gasteiger partial charge in [-0.25, -0.2) is 0 Å². The van der Waals surface area contributed by atoms with Gasteiger partial charge in [-0.05, 0) is 30.5 Å². The number of benzene rings is 1. The molecule has 1 heterocycles. The summed E-state index contributed by atoms with van der Waals surface area (Å²) in [7, 11) is 0. The van der Waals surface area contributed by atoms with Gasteiger partial charge in [0.05, 0.1) is 0 Å². The fourth-order valence-corrected chi connectivity index (χ4v) is 3.60. The predicted octanol–water partition coefficient (Wildman–Crippen LogP) is 2.95. The molecule has 0 bridgehead atoms. The van der Waals surface area contributed by atoms with Gasteiger partial charge in [0.25, 0.3) is 0 Å². The zero-order chi connectivity index (χ0) is 12.4. The van der Waals surface area contributed by atoms with Crippen molar-refractivity contribution in [2.24, 2.45) is 5.73 Å². The van der Waals surface area contributed by atoms with Crippen molar-refractivity contribution >= 4 is 11.8 Å². The summed E-state index contributed by atoms with van der Waals surface area (Å²) in [6.07, 6.45) is 5.49. The van der Waals surface area contributed by atoms with Gasteiger partial charge in [0.1, 0.15) is 11.9 Å². The molecule has 0 radical (unpaired) electrons. The van der Waals surface area contributed by atoms with E-state index < -0.39 is 0 Å². The molecule has 0 unspecified atom stereocenters. The summed E-state index contributed by atoms with van der Waals surface area (Å²) >= 11 is 1.95. The summed E-state index contributed by atoms with van der Waals surface area (Å²) in [4.78, 5) is 0. The first-order valence-corrected chi connectivity index (χ1v) is 8.03. The van der Waals surface area contributed by atoms with Crippen molar-refractivity contribution in [2.75, 3.05) is 18.1 Å². The molecule has 0 atom stereocenters. The van der Waals surface area contributed by atoms with Crippen LogP contribution in [0.2, 0.25) is 0 Å². The van der Waals surface area contributed by atoms with E-state index >= 15 is 0 Å². The number of ether oxygens (including phenoxy) is 1. The van der Waals surface area contributed by atoms with E-state index in [2.05, 4.69) is 24.3 Å². The second kappa shape index (κ2) is 5.14. The van der Waals surface area contributed by atoms with Crippen LogP contribution in [0.25, 0.3) is 0 Å². The van der Waals surface area contributed by atoms with Gasteiger partial charge in [0, 0.05) is 23.5 Å². The van der Waals surface area contributed by atoms with Crippen LogP contribution in [0.5, 0.6) is 5.75 Å². The van der Waals surface area contributed by atoms with E-state index in [4.69, 9.17) is 10.5 Å². The van der Waals surface area contributed by atoms with Gasteiger partial charge >= 0.3 is 0 Å². The van der Waals surface area contributed by atoms with Crippen molar-refractivity contribution < 1.29 is 4.74 Å². The molecule has 98 valence electrons. The summed E-state index contributed by atoms with van der Waals surface area (Å²) in [5.41, 5.74) is 7.64. The second-order valence-electron chi connectivity index (χ2n) is 5.50. The number of rotatable bonds is 4. The highest BCUT2D eigenvalue weighted by Gasteiger charge is 2.34. The molecule has 1 aromatic rings. The number of hydrogen-bond donors (Lipinski definition) is 1. The Kier molecular flexibility index (Phi) is 3.53. The Morgan fingerprint density at radius 2 is 2.06 bits per heavy atom. The summed E-state index contributed by atoms with van der Waals surface area (Å²) in [5, 5.41) is 0. The van der Waals surface area contributed by atoms with Crippen molar-refractivity contribution in [1.29, 1.82) is 0 Å². The summed E-state index contributed by atoms with van der Waals surface area (Å²) in [5.74, 6) is 3.29. The van der Waals surface area contributed by atoms with Crippen LogP contribution in [-0.2, 0) is 5.41 Å². The average Bonchev–Trinajstić information content (AvgIpc) is 2.84. The van der Waals surface area contributed by atoms with Crippen LogP contribution >= 0.6 is 11.8 Å². The largest absolute Gasteiger partial charge is 0.489 e. The van der Waals surface area contributed by atoms with Crippen molar-refractivity contribution in [3.63, 3.8) is 0 Å². The molecule has 2 aliphatic rings. The first-order chi connectivity index (χ1) is 8.82. The third-order valence-electron chi connectivity index (χ3n) is 4.31. The molecule has 2 fully saturated rings. The maximum Gasteiger partial charge on any atom is 0.120 e. The SMILES string of the molecule is NCC1(c2cccc(OC3CSC3)c2)CCCC1. The molecule has 2 N–H and O–H groups in total. The zero-order valence-electron chi connectivity index (χ0n) is 10.7. The fourth-order valence-electron chi connectivity index (χ4n) is 3.04. The molecule has 1 saturated heterocycles. The second-order valence-corrected chi connectivity index (χ2v) is 6.57. The molecule has 1 aromatic carbocycles. The van der Waals surface area contributed by atoms with Crippen LogP contribution in [-0.4, -0.2) is 24.2 Å². The van der Waals surface area contributed by atoms with E-state index in [1.54, 1.807) is 0 Å². The molecular weight excluding hydrogens is 242 g/mol. The van der Waals surface area contributed by atoms with E-state index in [-0.39, 0.29) is 5.41 Å². The third-order valence-corrected chi connectivity index (χ3v) is 5.52. The normalized spacial score (nSPS) is 22.7. The summed E-state index contributed by atoms with van der Waals surface area (Å²) < 4.78 is 5.98. The van der Waals surface area contributed by atoms with Crippen molar-refractivity contribution in [2.45, 2.75) is 37.2 Å². The molecule has 3 heteroatoms. The molecule has 3 rings (SSSR count). The van der Waals surface area contributed by atoms with E-state index in [0.717, 1.165) is 23.8 Å². The van der Waals surface area contributed by atoms with Crippen LogP contribution in [0, 0.1) is 0 Å². The lowest BCUT2D eigenvalue weighted by molar-refractivity contribution is 0.239. The monoisotopic (exact) mass is 263 g/mol. The standard InChI is InChI=1S/C15H21NOS/c16-11-15(6-1-2-7-15)12-4-3-5-13(8-12)17-14-9-18-10-14/h3-5,8,14H,1-2,6-7,9-11,16H2. The van der Waals surface area contributed by atoms with Crippen LogP contribution in [0.4, 0.5) is 0 Å². The Balaban J connectivity index is 1.80. The number of thioether (sulfide) groups is 1. The van der Waals surface area contributed by atoms with E-state index in [1.165, 1.54) is 31.2 Å². The van der Waals surface area contributed by atoms with E-state index in [1.807, 2.05) is 11.8 Å². The van der Waals surface area contributed by atoms with E-state index in [0.29, 0.717) is 6.10 Å². The smallest absolute Gasteiger partial charge is 0.120 e. The minimum Gasteiger partial charge on any atom is -0.489 e. The zero-order valence-corrected chi connectivity index (χ0v) is 11.5. The van der Waals surface area contributed by atoms with Gasteiger partial charge in [0.2, 0.25) is 0 Å². The van der Waals surface area contributed by atoms with Crippen molar-refractivity contribution in [3.05, 3.63) is 29.8 Å². The third kappa shape index (κ3) is 2.26. The maximum atomic E-state index is 6.05. The fraction of sp³-hybridized carbons (Fsp3) is 0.600. The molecule has 1 aliphatic carbocycles. The molecule has 0 aromatic heterocycles. The van der Waals surface area contributed by atoms with Gasteiger partial charge in [0.15, 0.2) is 0 Å². The highest BCUT2D eigenvalue weighted by atomic mass is 32.2. The molecule has 1 aliphatic heterocycles. The topological polar surface area (TPSA) is 35.2 Å². The Hall–Kier alpha value is -0.670. The van der Waals surface area contributed by atoms with Gasteiger partial charge in [-0.15, -0.1) is 0 Å². The molecule has 0 amide bonds. The van der Waals surface area contributed by atoms with Crippen LogP contribution < -0.4 is 10.5 Å². The first-order valence-electron chi connectivity index (χ1n) is 6.87. The quantitative estimate of drug-likeness (QED) is 0.907. The average molecular weight is 263 g/mol. The minimum absolute atomic E-state index is 0.216. The lowest BCUT2D eigenvalue weighted by Crippen LogP contribution is -2.33. The van der Waals surface area contributed by atoms with E-state index in [9.17, 15) is 0 Å². The molecule has 0 spiro atoms. The Labute approximate surface area is 113 Å². The van der Waals surface area contributed by atoms with Gasteiger partial charge in [-0.2, -0.15) is 11.8 Å². The lowest BCUT2D eigenvalue weighted by atomic mass is 9.79.